The van der Waals surface area contributed by atoms with Crippen LogP contribution in [0.25, 0.3) is 4.96 Å². The molecule has 0 N–H and O–H groups in total. The highest BCUT2D eigenvalue weighted by molar-refractivity contribution is 9.11. The summed E-state index contributed by atoms with van der Waals surface area (Å²) >= 11 is 4.96. The van der Waals surface area contributed by atoms with Crippen molar-refractivity contribution in [2.75, 3.05) is 13.1 Å². The largest absolute Gasteiger partial charge is 0.444 e. The summed E-state index contributed by atoms with van der Waals surface area (Å²) in [6.45, 7) is 7.40. The monoisotopic (exact) mass is 426 g/mol. The minimum absolute atomic E-state index is 0.175. The molecule has 0 radical (unpaired) electrons. The van der Waals surface area contributed by atoms with Gasteiger partial charge in [0, 0.05) is 24.4 Å². The summed E-state index contributed by atoms with van der Waals surface area (Å²) in [4.78, 5) is 19.7. The summed E-state index contributed by atoms with van der Waals surface area (Å²) in [7, 11) is 0. The van der Waals surface area contributed by atoms with Crippen LogP contribution in [0.5, 0.6) is 0 Å². The van der Waals surface area contributed by atoms with E-state index in [4.69, 9.17) is 9.72 Å². The van der Waals surface area contributed by atoms with Crippen LogP contribution in [0.1, 0.15) is 58.1 Å². The molecule has 2 aromatic rings. The molecular formula is C17H23BrN4O2S. The van der Waals surface area contributed by atoms with Gasteiger partial charge >= 0.3 is 6.09 Å². The Bertz CT molecular complexity index is 762. The van der Waals surface area contributed by atoms with Crippen molar-refractivity contribution in [2.45, 2.75) is 58.0 Å². The molecule has 8 heteroatoms. The van der Waals surface area contributed by atoms with Crippen molar-refractivity contribution < 1.29 is 9.53 Å². The molecule has 0 bridgehead atoms. The number of amides is 1. The lowest BCUT2D eigenvalue weighted by Gasteiger charge is -2.53. The van der Waals surface area contributed by atoms with E-state index in [2.05, 4.69) is 27.2 Å². The molecule has 4 rings (SSSR count). The number of aromatic nitrogens is 3. The average Bonchev–Trinajstić information content (AvgIpc) is 3.00. The maximum atomic E-state index is 12.1. The van der Waals surface area contributed by atoms with Crippen molar-refractivity contribution in [2.24, 2.45) is 5.41 Å². The smallest absolute Gasteiger partial charge is 0.410 e. The van der Waals surface area contributed by atoms with Crippen LogP contribution in [-0.2, 0) is 4.74 Å². The van der Waals surface area contributed by atoms with Crippen LogP contribution in [0, 0.1) is 5.41 Å². The van der Waals surface area contributed by atoms with E-state index in [1.54, 1.807) is 11.3 Å². The van der Waals surface area contributed by atoms with Crippen LogP contribution in [0.3, 0.4) is 0 Å². The maximum Gasteiger partial charge on any atom is 0.410 e. The van der Waals surface area contributed by atoms with E-state index >= 15 is 0 Å². The van der Waals surface area contributed by atoms with Gasteiger partial charge in [0.05, 0.1) is 11.9 Å². The maximum absolute atomic E-state index is 12.1. The Balaban J connectivity index is 1.33. The molecule has 0 atom stereocenters. The Morgan fingerprint density at radius 2 is 2.04 bits per heavy atom. The fourth-order valence-corrected chi connectivity index (χ4v) is 5.17. The number of halogens is 1. The second-order valence-electron chi connectivity index (χ2n) is 8.36. The van der Waals surface area contributed by atoms with E-state index < -0.39 is 5.60 Å². The van der Waals surface area contributed by atoms with Gasteiger partial charge in [0.15, 0.2) is 3.92 Å². The van der Waals surface area contributed by atoms with Gasteiger partial charge in [-0.2, -0.15) is 0 Å². The third-order valence-electron chi connectivity index (χ3n) is 5.21. The number of ether oxygens (including phenoxy) is 1. The lowest BCUT2D eigenvalue weighted by atomic mass is 9.65. The number of hydrogen-bond acceptors (Lipinski definition) is 5. The van der Waals surface area contributed by atoms with E-state index in [9.17, 15) is 4.79 Å². The predicted octanol–water partition coefficient (Wildman–Crippen LogP) is 4.45. The van der Waals surface area contributed by atoms with Crippen LogP contribution in [0.15, 0.2) is 10.1 Å². The third-order valence-corrected chi connectivity index (χ3v) is 6.56. The first-order chi connectivity index (χ1) is 11.7. The Morgan fingerprint density at radius 1 is 1.36 bits per heavy atom. The van der Waals surface area contributed by atoms with E-state index in [0.29, 0.717) is 11.3 Å². The van der Waals surface area contributed by atoms with E-state index in [0.717, 1.165) is 53.3 Å². The Kier molecular flexibility index (Phi) is 4.11. The van der Waals surface area contributed by atoms with Gasteiger partial charge < -0.3 is 9.64 Å². The summed E-state index contributed by atoms with van der Waals surface area (Å²) in [5.41, 5.74) is 1.03. The molecule has 1 aliphatic carbocycles. The van der Waals surface area contributed by atoms with Gasteiger partial charge in [0.25, 0.3) is 0 Å². The molecule has 2 aliphatic rings. The van der Waals surface area contributed by atoms with Crippen LogP contribution in [-0.4, -0.2) is 44.3 Å². The van der Waals surface area contributed by atoms with Crippen LogP contribution >= 0.6 is 27.3 Å². The number of nitrogens with zero attached hydrogens (tertiary/aromatic N) is 4. The van der Waals surface area contributed by atoms with Crippen molar-refractivity contribution in [3.63, 3.8) is 0 Å². The lowest BCUT2D eigenvalue weighted by molar-refractivity contribution is -0.0507. The zero-order chi connectivity index (χ0) is 17.8. The lowest BCUT2D eigenvalue weighted by Crippen LogP contribution is -2.60. The fraction of sp³-hybridized carbons (Fsp3) is 0.706. The summed E-state index contributed by atoms with van der Waals surface area (Å²) in [5, 5.41) is 4.37. The molecule has 136 valence electrons. The van der Waals surface area contributed by atoms with Gasteiger partial charge in [-0.3, -0.25) is 0 Å². The topological polar surface area (TPSA) is 59.7 Å². The van der Waals surface area contributed by atoms with Crippen LogP contribution < -0.4 is 0 Å². The minimum atomic E-state index is -0.422. The van der Waals surface area contributed by atoms with Crippen LogP contribution in [0.4, 0.5) is 4.79 Å². The molecule has 2 fully saturated rings. The highest BCUT2D eigenvalue weighted by Gasteiger charge is 2.48. The Morgan fingerprint density at radius 3 is 2.64 bits per heavy atom. The van der Waals surface area contributed by atoms with Gasteiger partial charge in [0.1, 0.15) is 5.60 Å². The number of imidazole rings is 1. The Hall–Kier alpha value is -1.15. The molecule has 0 unspecified atom stereocenters. The van der Waals surface area contributed by atoms with Crippen molar-refractivity contribution in [1.82, 2.24) is 19.5 Å². The normalized spacial score (nSPS) is 20.9. The number of fused-ring (bicyclic) bond motifs is 1. The molecule has 6 nitrogen and oxygen atoms in total. The summed E-state index contributed by atoms with van der Waals surface area (Å²) < 4.78 is 8.19. The summed E-state index contributed by atoms with van der Waals surface area (Å²) in [5.74, 6) is 0.508. The van der Waals surface area contributed by atoms with Crippen molar-refractivity contribution in [3.8, 4) is 0 Å². The van der Waals surface area contributed by atoms with Gasteiger partial charge in [-0.25, -0.2) is 14.3 Å². The molecule has 0 aromatic carbocycles. The first kappa shape index (κ1) is 17.3. The number of carbonyl (C=O) groups is 1. The standard InChI is InChI=1S/C17H23BrN4O2S/c1-16(2,3)24-15(23)21-9-17(10-21)6-4-11(5-7-17)12-8-22-14(19-12)25-13(18)20-22/h8,11H,4-7,9-10H2,1-3H3. The SMILES string of the molecule is CC(C)(C)OC(=O)N1CC2(CCC(c3cn4nc(Br)sc4n3)CC2)C1. The third kappa shape index (κ3) is 3.43. The predicted molar refractivity (Wildman–Crippen MR) is 100 cm³/mol. The van der Waals surface area contributed by atoms with Crippen molar-refractivity contribution in [3.05, 3.63) is 15.8 Å². The first-order valence-electron chi connectivity index (χ1n) is 8.73. The highest BCUT2D eigenvalue weighted by atomic mass is 79.9. The summed E-state index contributed by atoms with van der Waals surface area (Å²) in [6.07, 6.45) is 6.46. The molecule has 3 heterocycles. The van der Waals surface area contributed by atoms with Crippen LogP contribution in [0.2, 0.25) is 0 Å². The number of carbonyl (C=O) groups excluding carboxylic acids is 1. The van der Waals surface area contributed by atoms with E-state index in [1.165, 1.54) is 0 Å². The number of hydrogen-bond donors (Lipinski definition) is 0. The number of likely N-dealkylation sites (tertiary alicyclic amines) is 1. The Labute approximate surface area is 159 Å². The zero-order valence-corrected chi connectivity index (χ0v) is 17.2. The fourth-order valence-electron chi connectivity index (χ4n) is 3.95. The quantitative estimate of drug-likeness (QED) is 0.675. The molecule has 1 spiro atoms. The number of rotatable bonds is 1. The summed E-state index contributed by atoms with van der Waals surface area (Å²) in [6, 6.07) is 0. The molecule has 1 aliphatic heterocycles. The van der Waals surface area contributed by atoms with Gasteiger partial charge in [0.2, 0.25) is 4.96 Å². The van der Waals surface area contributed by atoms with E-state index in [1.807, 2.05) is 30.2 Å². The van der Waals surface area contributed by atoms with E-state index in [-0.39, 0.29) is 6.09 Å². The van der Waals surface area contributed by atoms with Crippen molar-refractivity contribution >= 4 is 38.3 Å². The van der Waals surface area contributed by atoms with Gasteiger partial charge in [-0.15, -0.1) is 5.10 Å². The first-order valence-corrected chi connectivity index (χ1v) is 10.3. The molecule has 1 amide bonds. The average molecular weight is 427 g/mol. The van der Waals surface area contributed by atoms with Gasteiger partial charge in [-0.05, 0) is 62.4 Å². The molecule has 1 saturated heterocycles. The highest BCUT2D eigenvalue weighted by Crippen LogP contribution is 2.48. The second-order valence-corrected chi connectivity index (χ2v) is 10.6. The molecular weight excluding hydrogens is 404 g/mol. The molecule has 2 aromatic heterocycles. The zero-order valence-electron chi connectivity index (χ0n) is 14.8. The van der Waals surface area contributed by atoms with Crippen molar-refractivity contribution in [1.29, 1.82) is 0 Å². The second kappa shape index (κ2) is 5.94. The molecule has 1 saturated carbocycles. The minimum Gasteiger partial charge on any atom is -0.444 e. The molecule has 25 heavy (non-hydrogen) atoms. The van der Waals surface area contributed by atoms with Gasteiger partial charge in [-0.1, -0.05) is 11.3 Å².